The molecule has 1 heterocycles. The summed E-state index contributed by atoms with van der Waals surface area (Å²) in [7, 11) is 1.60. The summed E-state index contributed by atoms with van der Waals surface area (Å²) < 4.78 is 0. The Hall–Kier alpha value is -2.65. The van der Waals surface area contributed by atoms with Gasteiger partial charge in [-0.15, -0.1) is 11.3 Å². The van der Waals surface area contributed by atoms with Crippen molar-refractivity contribution >= 4 is 28.2 Å². The van der Waals surface area contributed by atoms with Gasteiger partial charge < -0.3 is 10.6 Å². The summed E-state index contributed by atoms with van der Waals surface area (Å²) in [6.45, 7) is 0. The Morgan fingerprint density at radius 3 is 2.50 bits per heavy atom. The molecule has 1 aliphatic rings. The first-order valence-electron chi connectivity index (χ1n) is 7.82. The van der Waals surface area contributed by atoms with Gasteiger partial charge in [-0.2, -0.15) is 5.26 Å². The van der Waals surface area contributed by atoms with Crippen molar-refractivity contribution in [3.05, 3.63) is 51.4 Å². The number of carbonyl (C=O) groups excluding carboxylic acids is 2. The van der Waals surface area contributed by atoms with E-state index in [2.05, 4.69) is 10.6 Å². The molecule has 0 spiro atoms. The van der Waals surface area contributed by atoms with Crippen LogP contribution in [0.15, 0.2) is 24.3 Å². The van der Waals surface area contributed by atoms with E-state index in [1.54, 1.807) is 31.3 Å². The van der Waals surface area contributed by atoms with Gasteiger partial charge in [0.05, 0.1) is 17.2 Å². The van der Waals surface area contributed by atoms with Crippen LogP contribution in [-0.2, 0) is 12.8 Å². The quantitative estimate of drug-likeness (QED) is 0.901. The van der Waals surface area contributed by atoms with Crippen molar-refractivity contribution in [1.29, 1.82) is 5.26 Å². The Bertz CT molecular complexity index is 831. The monoisotopic (exact) mass is 339 g/mol. The van der Waals surface area contributed by atoms with Gasteiger partial charge in [0.15, 0.2) is 0 Å². The molecule has 0 fully saturated rings. The summed E-state index contributed by atoms with van der Waals surface area (Å²) >= 11 is 1.49. The molecule has 0 aliphatic heterocycles. The van der Waals surface area contributed by atoms with Crippen molar-refractivity contribution in [3.8, 4) is 6.07 Å². The molecule has 0 unspecified atom stereocenters. The van der Waals surface area contributed by atoms with Crippen molar-refractivity contribution in [1.82, 2.24) is 5.32 Å². The van der Waals surface area contributed by atoms with E-state index in [0.29, 0.717) is 21.7 Å². The van der Waals surface area contributed by atoms with Gasteiger partial charge in [0.2, 0.25) is 0 Å². The van der Waals surface area contributed by atoms with Crippen LogP contribution in [0.2, 0.25) is 0 Å². The molecule has 0 atom stereocenters. The Morgan fingerprint density at radius 1 is 1.12 bits per heavy atom. The van der Waals surface area contributed by atoms with Gasteiger partial charge in [0.25, 0.3) is 11.8 Å². The topological polar surface area (TPSA) is 82.0 Å². The van der Waals surface area contributed by atoms with E-state index in [0.717, 1.165) is 31.2 Å². The van der Waals surface area contributed by atoms with Gasteiger partial charge in [-0.05, 0) is 55.5 Å². The van der Waals surface area contributed by atoms with Gasteiger partial charge in [-0.1, -0.05) is 0 Å². The zero-order valence-corrected chi connectivity index (χ0v) is 14.1. The number of nitrogens with one attached hydrogen (secondary N) is 2. The molecule has 24 heavy (non-hydrogen) atoms. The van der Waals surface area contributed by atoms with E-state index >= 15 is 0 Å². The number of anilines is 1. The number of aryl methyl sites for hydroxylation is 1. The molecule has 3 rings (SSSR count). The fraction of sp³-hybridized carbons (Fsp3) is 0.278. The van der Waals surface area contributed by atoms with Gasteiger partial charge >= 0.3 is 0 Å². The molecule has 0 saturated heterocycles. The molecule has 1 aromatic carbocycles. The van der Waals surface area contributed by atoms with Crippen LogP contribution >= 0.6 is 11.3 Å². The Labute approximate surface area is 144 Å². The van der Waals surface area contributed by atoms with Gasteiger partial charge in [0.1, 0.15) is 5.00 Å². The molecular weight excluding hydrogens is 322 g/mol. The number of hydrogen-bond acceptors (Lipinski definition) is 4. The number of fused-ring (bicyclic) bond motifs is 1. The molecule has 0 saturated carbocycles. The molecule has 1 aromatic heterocycles. The number of nitriles is 1. The van der Waals surface area contributed by atoms with Crippen LogP contribution in [0.25, 0.3) is 0 Å². The predicted molar refractivity (Wildman–Crippen MR) is 93.5 cm³/mol. The summed E-state index contributed by atoms with van der Waals surface area (Å²) in [5.74, 6) is -0.437. The summed E-state index contributed by atoms with van der Waals surface area (Å²) in [5, 5.41) is 15.0. The molecule has 0 radical (unpaired) electrons. The largest absolute Gasteiger partial charge is 0.355 e. The fourth-order valence-electron chi connectivity index (χ4n) is 2.89. The zero-order chi connectivity index (χ0) is 17.1. The van der Waals surface area contributed by atoms with E-state index < -0.39 is 0 Å². The van der Waals surface area contributed by atoms with E-state index in [9.17, 15) is 9.59 Å². The minimum atomic E-state index is -0.275. The standard InChI is InChI=1S/C18H17N3O2S/c1-20-17(23)15-13-4-2-3-5-14(13)24-18(15)21-16(22)12-8-6-11(10-19)7-9-12/h6-9H,2-5H2,1H3,(H,20,23)(H,21,22). The third kappa shape index (κ3) is 3.03. The van der Waals surface area contributed by atoms with E-state index in [1.165, 1.54) is 16.2 Å². The van der Waals surface area contributed by atoms with Crippen LogP contribution < -0.4 is 10.6 Å². The summed E-state index contributed by atoms with van der Waals surface area (Å²) in [4.78, 5) is 25.9. The second kappa shape index (κ2) is 6.85. The molecule has 2 N–H and O–H groups in total. The minimum Gasteiger partial charge on any atom is -0.355 e. The van der Waals surface area contributed by atoms with Crippen LogP contribution in [0.3, 0.4) is 0 Å². The maximum atomic E-state index is 12.5. The van der Waals surface area contributed by atoms with Crippen molar-refractivity contribution in [2.24, 2.45) is 0 Å². The SMILES string of the molecule is CNC(=O)c1c(NC(=O)c2ccc(C#N)cc2)sc2c1CCCC2. The average molecular weight is 339 g/mol. The normalized spacial score (nSPS) is 12.8. The first kappa shape index (κ1) is 16.2. The fourth-order valence-corrected chi connectivity index (χ4v) is 4.17. The number of carbonyl (C=O) groups is 2. The first-order valence-corrected chi connectivity index (χ1v) is 8.64. The summed E-state index contributed by atoms with van der Waals surface area (Å²) in [5.41, 5.74) is 2.63. The number of nitrogens with zero attached hydrogens (tertiary/aromatic N) is 1. The maximum Gasteiger partial charge on any atom is 0.256 e. The first-order chi connectivity index (χ1) is 11.6. The lowest BCUT2D eigenvalue weighted by Gasteiger charge is -2.12. The number of thiophene rings is 1. The van der Waals surface area contributed by atoms with Crippen LogP contribution in [0.5, 0.6) is 0 Å². The van der Waals surface area contributed by atoms with Crippen molar-refractivity contribution in [2.75, 3.05) is 12.4 Å². The Morgan fingerprint density at radius 2 is 1.83 bits per heavy atom. The highest BCUT2D eigenvalue weighted by atomic mass is 32.1. The number of benzene rings is 1. The molecule has 1 aliphatic carbocycles. The lowest BCUT2D eigenvalue weighted by Crippen LogP contribution is -2.22. The highest BCUT2D eigenvalue weighted by Gasteiger charge is 2.25. The zero-order valence-electron chi connectivity index (χ0n) is 13.3. The van der Waals surface area contributed by atoms with E-state index in [1.807, 2.05) is 6.07 Å². The van der Waals surface area contributed by atoms with Gasteiger partial charge in [0, 0.05) is 17.5 Å². The van der Waals surface area contributed by atoms with Gasteiger partial charge in [-0.3, -0.25) is 9.59 Å². The predicted octanol–water partition coefficient (Wildman–Crippen LogP) is 3.11. The lowest BCUT2D eigenvalue weighted by molar-refractivity contribution is 0.0963. The van der Waals surface area contributed by atoms with Crippen LogP contribution in [0.4, 0.5) is 5.00 Å². The highest BCUT2D eigenvalue weighted by molar-refractivity contribution is 7.17. The second-order valence-corrected chi connectivity index (χ2v) is 6.74. The minimum absolute atomic E-state index is 0.162. The van der Waals surface area contributed by atoms with Crippen molar-refractivity contribution in [3.63, 3.8) is 0 Å². The third-order valence-corrected chi connectivity index (χ3v) is 5.34. The molecule has 6 heteroatoms. The van der Waals surface area contributed by atoms with Crippen LogP contribution in [0.1, 0.15) is 49.6 Å². The van der Waals surface area contributed by atoms with Crippen LogP contribution in [0, 0.1) is 11.3 Å². The maximum absolute atomic E-state index is 12.5. The third-order valence-electron chi connectivity index (χ3n) is 4.13. The average Bonchev–Trinajstić information content (AvgIpc) is 2.98. The van der Waals surface area contributed by atoms with Crippen molar-refractivity contribution in [2.45, 2.75) is 25.7 Å². The second-order valence-electron chi connectivity index (χ2n) is 5.64. The van der Waals surface area contributed by atoms with Gasteiger partial charge in [-0.25, -0.2) is 0 Å². The number of rotatable bonds is 3. The van der Waals surface area contributed by atoms with E-state index in [-0.39, 0.29) is 11.8 Å². The smallest absolute Gasteiger partial charge is 0.256 e. The Kier molecular flexibility index (Phi) is 4.63. The molecule has 2 amide bonds. The Balaban J connectivity index is 1.91. The summed E-state index contributed by atoms with van der Waals surface area (Å²) in [6, 6.07) is 8.46. The summed E-state index contributed by atoms with van der Waals surface area (Å²) in [6.07, 6.45) is 4.01. The van der Waals surface area contributed by atoms with E-state index in [4.69, 9.17) is 5.26 Å². The highest BCUT2D eigenvalue weighted by Crippen LogP contribution is 2.38. The lowest BCUT2D eigenvalue weighted by atomic mass is 9.95. The molecule has 122 valence electrons. The molecular formula is C18H17N3O2S. The number of hydrogen-bond donors (Lipinski definition) is 2. The molecule has 5 nitrogen and oxygen atoms in total. The van der Waals surface area contributed by atoms with Crippen molar-refractivity contribution < 1.29 is 9.59 Å². The molecule has 2 aromatic rings. The number of amides is 2. The molecule has 0 bridgehead atoms. The van der Waals surface area contributed by atoms with Crippen LogP contribution in [-0.4, -0.2) is 18.9 Å².